The van der Waals surface area contributed by atoms with E-state index in [1.165, 1.54) is 0 Å². The number of ether oxygens (including phenoxy) is 1. The summed E-state index contributed by atoms with van der Waals surface area (Å²) in [5.41, 5.74) is 2.61. The molecule has 0 radical (unpaired) electrons. The van der Waals surface area contributed by atoms with E-state index >= 15 is 0 Å². The molecule has 0 aliphatic heterocycles. The van der Waals surface area contributed by atoms with E-state index < -0.39 is 0 Å². The molecule has 0 fully saturated rings. The predicted molar refractivity (Wildman–Crippen MR) is 108 cm³/mol. The van der Waals surface area contributed by atoms with Crippen molar-refractivity contribution in [1.82, 2.24) is 15.1 Å². The average Bonchev–Trinajstić information content (AvgIpc) is 3.03. The minimum absolute atomic E-state index is 0.0862. The lowest BCUT2D eigenvalue weighted by molar-refractivity contribution is 0.0757. The molecule has 3 rings (SSSR count). The fourth-order valence-electron chi connectivity index (χ4n) is 2.84. The van der Waals surface area contributed by atoms with Crippen LogP contribution < -0.4 is 5.32 Å². The summed E-state index contributed by atoms with van der Waals surface area (Å²) in [7, 11) is 0. The van der Waals surface area contributed by atoms with E-state index in [2.05, 4.69) is 10.4 Å². The molecule has 2 aromatic carbocycles. The van der Waals surface area contributed by atoms with Crippen LogP contribution in [0.15, 0.2) is 48.7 Å². The number of fused-ring (bicyclic) bond motifs is 1. The molecular formula is C21H24ClN3O2. The van der Waals surface area contributed by atoms with E-state index in [1.54, 1.807) is 0 Å². The SMILES string of the molecule is CC(C)OCCCNC(=O)c1ccc2cnn(Cc3cccc(Cl)c3)c2c1. The van der Waals surface area contributed by atoms with Crippen LogP contribution >= 0.6 is 11.6 Å². The number of halogens is 1. The number of aromatic nitrogens is 2. The topological polar surface area (TPSA) is 56.1 Å². The monoisotopic (exact) mass is 385 g/mol. The van der Waals surface area contributed by atoms with Crippen molar-refractivity contribution in [2.45, 2.75) is 32.9 Å². The van der Waals surface area contributed by atoms with Crippen LogP contribution in [0.5, 0.6) is 0 Å². The number of hydrogen-bond acceptors (Lipinski definition) is 3. The summed E-state index contributed by atoms with van der Waals surface area (Å²) in [6, 6.07) is 13.3. The van der Waals surface area contributed by atoms with Crippen molar-refractivity contribution < 1.29 is 9.53 Å². The van der Waals surface area contributed by atoms with Gasteiger partial charge in [0.2, 0.25) is 0 Å². The van der Waals surface area contributed by atoms with Crippen LogP contribution in [0.2, 0.25) is 5.02 Å². The third-order valence-electron chi connectivity index (χ3n) is 4.19. The van der Waals surface area contributed by atoms with Gasteiger partial charge < -0.3 is 10.1 Å². The second-order valence-corrected chi connectivity index (χ2v) is 7.17. The van der Waals surface area contributed by atoms with Gasteiger partial charge in [-0.3, -0.25) is 9.48 Å². The highest BCUT2D eigenvalue weighted by atomic mass is 35.5. The lowest BCUT2D eigenvalue weighted by atomic mass is 10.1. The van der Waals surface area contributed by atoms with Crippen LogP contribution in [0.25, 0.3) is 10.9 Å². The molecule has 1 aromatic heterocycles. The molecule has 0 bridgehead atoms. The summed E-state index contributed by atoms with van der Waals surface area (Å²) >= 11 is 6.07. The van der Waals surface area contributed by atoms with E-state index in [0.717, 1.165) is 22.9 Å². The molecular weight excluding hydrogens is 362 g/mol. The summed E-state index contributed by atoms with van der Waals surface area (Å²) in [4.78, 5) is 12.4. The van der Waals surface area contributed by atoms with Crippen LogP contribution in [0, 0.1) is 0 Å². The van der Waals surface area contributed by atoms with Gasteiger partial charge in [-0.1, -0.05) is 29.8 Å². The maximum absolute atomic E-state index is 12.4. The Morgan fingerprint density at radius 2 is 2.11 bits per heavy atom. The highest BCUT2D eigenvalue weighted by molar-refractivity contribution is 6.30. The fourth-order valence-corrected chi connectivity index (χ4v) is 3.05. The van der Waals surface area contributed by atoms with Crippen molar-refractivity contribution in [1.29, 1.82) is 0 Å². The molecule has 0 aliphatic carbocycles. The number of rotatable bonds is 8. The highest BCUT2D eigenvalue weighted by Gasteiger charge is 2.10. The van der Waals surface area contributed by atoms with Crippen molar-refractivity contribution in [2.75, 3.05) is 13.2 Å². The van der Waals surface area contributed by atoms with Crippen molar-refractivity contribution in [3.8, 4) is 0 Å². The van der Waals surface area contributed by atoms with E-state index in [1.807, 2.05) is 67.2 Å². The molecule has 0 saturated carbocycles. The first-order chi connectivity index (χ1) is 13.0. The minimum atomic E-state index is -0.0862. The minimum Gasteiger partial charge on any atom is -0.379 e. The first-order valence-corrected chi connectivity index (χ1v) is 9.50. The summed E-state index contributed by atoms with van der Waals surface area (Å²) in [5.74, 6) is -0.0862. The molecule has 6 heteroatoms. The number of nitrogens with one attached hydrogen (secondary N) is 1. The fraction of sp³-hybridized carbons (Fsp3) is 0.333. The number of hydrogen-bond donors (Lipinski definition) is 1. The van der Waals surface area contributed by atoms with Gasteiger partial charge in [-0.25, -0.2) is 0 Å². The van der Waals surface area contributed by atoms with Crippen molar-refractivity contribution in [3.05, 3.63) is 64.8 Å². The predicted octanol–water partition coefficient (Wildman–Crippen LogP) is 4.28. The van der Waals surface area contributed by atoms with E-state index in [0.29, 0.717) is 30.3 Å². The molecule has 1 heterocycles. The lowest BCUT2D eigenvalue weighted by Gasteiger charge is -2.09. The summed E-state index contributed by atoms with van der Waals surface area (Å²) in [6.45, 7) is 5.83. The normalized spacial score (nSPS) is 11.3. The van der Waals surface area contributed by atoms with Gasteiger partial charge in [-0.2, -0.15) is 5.10 Å². The molecule has 0 spiro atoms. The van der Waals surface area contributed by atoms with E-state index in [9.17, 15) is 4.79 Å². The standard InChI is InChI=1S/C21H24ClN3O2/c1-15(2)27-10-4-9-23-21(26)17-7-8-18-13-24-25(20(18)12-17)14-16-5-3-6-19(22)11-16/h3,5-8,11-13,15H,4,9-10,14H2,1-2H3,(H,23,26). The largest absolute Gasteiger partial charge is 0.379 e. The number of benzene rings is 2. The Morgan fingerprint density at radius 3 is 2.89 bits per heavy atom. The maximum Gasteiger partial charge on any atom is 0.251 e. The van der Waals surface area contributed by atoms with Gasteiger partial charge in [0.15, 0.2) is 0 Å². The zero-order valence-electron chi connectivity index (χ0n) is 15.6. The van der Waals surface area contributed by atoms with Crippen LogP contribution in [-0.2, 0) is 11.3 Å². The maximum atomic E-state index is 12.4. The van der Waals surface area contributed by atoms with Gasteiger partial charge in [0, 0.05) is 29.1 Å². The highest BCUT2D eigenvalue weighted by Crippen LogP contribution is 2.18. The molecule has 142 valence electrons. The molecule has 0 saturated heterocycles. The van der Waals surface area contributed by atoms with Gasteiger partial charge >= 0.3 is 0 Å². The molecule has 0 aliphatic rings. The lowest BCUT2D eigenvalue weighted by Crippen LogP contribution is -2.25. The average molecular weight is 386 g/mol. The smallest absolute Gasteiger partial charge is 0.251 e. The third-order valence-corrected chi connectivity index (χ3v) is 4.42. The molecule has 3 aromatic rings. The van der Waals surface area contributed by atoms with Crippen molar-refractivity contribution in [2.24, 2.45) is 0 Å². The summed E-state index contributed by atoms with van der Waals surface area (Å²) < 4.78 is 7.37. The number of nitrogens with zero attached hydrogens (tertiary/aromatic N) is 2. The second-order valence-electron chi connectivity index (χ2n) is 6.73. The van der Waals surface area contributed by atoms with Gasteiger partial charge in [0.25, 0.3) is 5.91 Å². The quantitative estimate of drug-likeness (QED) is 0.589. The zero-order valence-corrected chi connectivity index (χ0v) is 16.4. The first kappa shape index (κ1) is 19.4. The van der Waals surface area contributed by atoms with Crippen LogP contribution in [-0.4, -0.2) is 34.9 Å². The van der Waals surface area contributed by atoms with Crippen LogP contribution in [0.3, 0.4) is 0 Å². The molecule has 1 N–H and O–H groups in total. The van der Waals surface area contributed by atoms with Gasteiger partial charge in [-0.05, 0) is 50.1 Å². The van der Waals surface area contributed by atoms with E-state index in [4.69, 9.17) is 16.3 Å². The summed E-state index contributed by atoms with van der Waals surface area (Å²) in [5, 5.41) is 9.09. The Labute approximate surface area is 164 Å². The molecule has 0 unspecified atom stereocenters. The number of carbonyl (C=O) groups is 1. The van der Waals surface area contributed by atoms with Gasteiger partial charge in [0.1, 0.15) is 0 Å². The summed E-state index contributed by atoms with van der Waals surface area (Å²) in [6.07, 6.45) is 2.81. The van der Waals surface area contributed by atoms with Crippen molar-refractivity contribution >= 4 is 28.4 Å². The van der Waals surface area contributed by atoms with Crippen LogP contribution in [0.4, 0.5) is 0 Å². The Balaban J connectivity index is 1.68. The molecule has 5 nitrogen and oxygen atoms in total. The zero-order chi connectivity index (χ0) is 19.2. The Hall–Kier alpha value is -2.37. The number of amides is 1. The van der Waals surface area contributed by atoms with Gasteiger partial charge in [-0.15, -0.1) is 0 Å². The van der Waals surface area contributed by atoms with Gasteiger partial charge in [0.05, 0.1) is 24.4 Å². The second kappa shape index (κ2) is 9.02. The van der Waals surface area contributed by atoms with Crippen molar-refractivity contribution in [3.63, 3.8) is 0 Å². The molecule has 1 amide bonds. The third kappa shape index (κ3) is 5.31. The Morgan fingerprint density at radius 1 is 1.26 bits per heavy atom. The Kier molecular flexibility index (Phi) is 6.48. The molecule has 0 atom stereocenters. The molecule has 27 heavy (non-hydrogen) atoms. The van der Waals surface area contributed by atoms with Crippen LogP contribution in [0.1, 0.15) is 36.2 Å². The Bertz CT molecular complexity index is 921. The number of carbonyl (C=O) groups excluding carboxylic acids is 1. The van der Waals surface area contributed by atoms with E-state index in [-0.39, 0.29) is 12.0 Å². The first-order valence-electron chi connectivity index (χ1n) is 9.13.